The number of esters is 1. The maximum atomic E-state index is 11.6. The van der Waals surface area contributed by atoms with Crippen molar-refractivity contribution >= 4 is 17.6 Å². The highest BCUT2D eigenvalue weighted by Gasteiger charge is 2.12. The summed E-state index contributed by atoms with van der Waals surface area (Å²) in [4.78, 5) is 23.1. The van der Waals surface area contributed by atoms with Crippen LogP contribution in [0.2, 0.25) is 0 Å². The van der Waals surface area contributed by atoms with E-state index < -0.39 is 18.2 Å². The second-order valence-corrected chi connectivity index (χ2v) is 3.91. The molecule has 0 bridgehead atoms. The third-order valence-electron chi connectivity index (χ3n) is 2.45. The van der Waals surface area contributed by atoms with Crippen molar-refractivity contribution in [3.05, 3.63) is 29.8 Å². The van der Waals surface area contributed by atoms with Crippen LogP contribution < -0.4 is 11.1 Å². The molecular weight excluding hydrogens is 264 g/mol. The van der Waals surface area contributed by atoms with Crippen LogP contribution in [-0.4, -0.2) is 45.5 Å². The minimum absolute atomic E-state index is 0.168. The fourth-order valence-electron chi connectivity index (χ4n) is 1.39. The molecule has 1 aromatic rings. The van der Waals surface area contributed by atoms with Gasteiger partial charge in [-0.3, -0.25) is 4.79 Å². The topological polar surface area (TPSA) is 99.9 Å². The number of hydrogen-bond acceptors (Lipinski definition) is 6. The van der Waals surface area contributed by atoms with E-state index in [4.69, 9.17) is 19.9 Å². The largest absolute Gasteiger partial charge is 0.452 e. The van der Waals surface area contributed by atoms with Crippen molar-refractivity contribution in [1.29, 1.82) is 0 Å². The third-order valence-corrected chi connectivity index (χ3v) is 2.45. The second kappa shape index (κ2) is 8.13. The molecule has 0 fully saturated rings. The molecular formula is C13H18N2O5. The molecule has 0 aliphatic rings. The van der Waals surface area contributed by atoms with Crippen LogP contribution in [0.1, 0.15) is 10.4 Å². The van der Waals surface area contributed by atoms with Crippen LogP contribution in [0.15, 0.2) is 24.3 Å². The molecule has 0 unspecified atom stereocenters. The molecule has 0 aliphatic carbocycles. The monoisotopic (exact) mass is 282 g/mol. The molecule has 0 aromatic heterocycles. The van der Waals surface area contributed by atoms with Gasteiger partial charge < -0.3 is 25.3 Å². The number of carbonyl (C=O) groups is 2. The van der Waals surface area contributed by atoms with E-state index in [1.165, 1.54) is 20.3 Å². The average Bonchev–Trinajstić information content (AvgIpc) is 2.45. The number of nitrogen functional groups attached to an aromatic ring is 1. The van der Waals surface area contributed by atoms with Crippen molar-refractivity contribution in [3.8, 4) is 0 Å². The first-order chi connectivity index (χ1) is 9.56. The first kappa shape index (κ1) is 15.9. The molecule has 0 saturated heterocycles. The molecule has 1 rings (SSSR count). The summed E-state index contributed by atoms with van der Waals surface area (Å²) in [7, 11) is 2.92. The van der Waals surface area contributed by atoms with Gasteiger partial charge in [0.25, 0.3) is 5.91 Å². The predicted octanol–water partition coefficient (Wildman–Crippen LogP) is 0.161. The number of nitrogens with one attached hydrogen (secondary N) is 1. The minimum atomic E-state index is -0.609. The Balaban J connectivity index is 2.35. The predicted molar refractivity (Wildman–Crippen MR) is 72.0 cm³/mol. The molecule has 7 heteroatoms. The van der Waals surface area contributed by atoms with Gasteiger partial charge in [-0.1, -0.05) is 6.07 Å². The highest BCUT2D eigenvalue weighted by molar-refractivity contribution is 5.92. The van der Waals surface area contributed by atoms with E-state index in [-0.39, 0.29) is 13.2 Å². The summed E-state index contributed by atoms with van der Waals surface area (Å²) in [5, 5.41) is 2.51. The highest BCUT2D eigenvalue weighted by atomic mass is 16.7. The number of amides is 1. The summed E-state index contributed by atoms with van der Waals surface area (Å²) >= 11 is 0. The molecule has 0 radical (unpaired) electrons. The smallest absolute Gasteiger partial charge is 0.338 e. The van der Waals surface area contributed by atoms with Crippen LogP contribution in [0.3, 0.4) is 0 Å². The van der Waals surface area contributed by atoms with Gasteiger partial charge in [-0.2, -0.15) is 0 Å². The number of ether oxygens (including phenoxy) is 3. The highest BCUT2D eigenvalue weighted by Crippen LogP contribution is 2.07. The van der Waals surface area contributed by atoms with Crippen LogP contribution >= 0.6 is 0 Å². The van der Waals surface area contributed by atoms with Gasteiger partial charge in [0.15, 0.2) is 12.9 Å². The van der Waals surface area contributed by atoms with E-state index in [1.54, 1.807) is 18.2 Å². The summed E-state index contributed by atoms with van der Waals surface area (Å²) < 4.78 is 14.7. The summed E-state index contributed by atoms with van der Waals surface area (Å²) in [6.45, 7) is -0.213. The zero-order chi connectivity index (χ0) is 15.0. The lowest BCUT2D eigenvalue weighted by Crippen LogP contribution is -2.36. The van der Waals surface area contributed by atoms with E-state index in [9.17, 15) is 9.59 Å². The Bertz CT molecular complexity index is 460. The SMILES string of the molecule is COC(CNC(=O)COC(=O)c1cccc(N)c1)OC. The molecule has 0 aliphatic heterocycles. The van der Waals surface area contributed by atoms with Gasteiger partial charge in [0, 0.05) is 19.9 Å². The number of anilines is 1. The van der Waals surface area contributed by atoms with Crippen LogP contribution in [0.25, 0.3) is 0 Å². The molecule has 1 amide bonds. The zero-order valence-electron chi connectivity index (χ0n) is 11.4. The molecule has 0 heterocycles. The van der Waals surface area contributed by atoms with Gasteiger partial charge in [-0.25, -0.2) is 4.79 Å². The Morgan fingerprint density at radius 2 is 2.00 bits per heavy atom. The van der Waals surface area contributed by atoms with Crippen molar-refractivity contribution in [2.45, 2.75) is 6.29 Å². The molecule has 110 valence electrons. The number of benzene rings is 1. The van der Waals surface area contributed by atoms with Gasteiger partial charge in [-0.15, -0.1) is 0 Å². The first-order valence-corrected chi connectivity index (χ1v) is 5.91. The van der Waals surface area contributed by atoms with Gasteiger partial charge >= 0.3 is 5.97 Å². The van der Waals surface area contributed by atoms with Gasteiger partial charge in [0.2, 0.25) is 0 Å². The van der Waals surface area contributed by atoms with Crippen molar-refractivity contribution in [3.63, 3.8) is 0 Å². The van der Waals surface area contributed by atoms with E-state index >= 15 is 0 Å². The number of nitrogens with two attached hydrogens (primary N) is 1. The van der Waals surface area contributed by atoms with Gasteiger partial charge in [0.05, 0.1) is 12.1 Å². The van der Waals surface area contributed by atoms with E-state index in [2.05, 4.69) is 5.32 Å². The fraction of sp³-hybridized carbons (Fsp3) is 0.385. The second-order valence-electron chi connectivity index (χ2n) is 3.91. The lowest BCUT2D eigenvalue weighted by Gasteiger charge is -2.14. The van der Waals surface area contributed by atoms with Gasteiger partial charge in [-0.05, 0) is 18.2 Å². The van der Waals surface area contributed by atoms with E-state index in [1.807, 2.05) is 0 Å². The Labute approximate surface area is 117 Å². The summed E-state index contributed by atoms with van der Waals surface area (Å²) in [6, 6.07) is 6.32. The molecule has 20 heavy (non-hydrogen) atoms. The van der Waals surface area contributed by atoms with Crippen LogP contribution in [0.5, 0.6) is 0 Å². The van der Waals surface area contributed by atoms with Crippen molar-refractivity contribution in [2.75, 3.05) is 33.1 Å². The summed E-state index contributed by atoms with van der Waals surface area (Å²) in [5.74, 6) is -1.05. The standard InChI is InChI=1S/C13H18N2O5/c1-18-12(19-2)7-15-11(16)8-20-13(17)9-4-3-5-10(14)6-9/h3-6,12H,7-8,14H2,1-2H3,(H,15,16). The Hall–Kier alpha value is -2.12. The van der Waals surface area contributed by atoms with E-state index in [0.29, 0.717) is 11.3 Å². The van der Waals surface area contributed by atoms with Crippen LogP contribution in [-0.2, 0) is 19.0 Å². The fourth-order valence-corrected chi connectivity index (χ4v) is 1.39. The van der Waals surface area contributed by atoms with Crippen LogP contribution in [0, 0.1) is 0 Å². The lowest BCUT2D eigenvalue weighted by molar-refractivity contribution is -0.130. The minimum Gasteiger partial charge on any atom is -0.452 e. The Kier molecular flexibility index (Phi) is 6.48. The third kappa shape index (κ3) is 5.25. The molecule has 0 spiro atoms. The van der Waals surface area contributed by atoms with Crippen LogP contribution in [0.4, 0.5) is 5.69 Å². The molecule has 7 nitrogen and oxygen atoms in total. The molecule has 0 saturated carbocycles. The Morgan fingerprint density at radius 1 is 1.30 bits per heavy atom. The number of carbonyl (C=O) groups excluding carboxylic acids is 2. The maximum absolute atomic E-state index is 11.6. The number of methoxy groups -OCH3 is 2. The summed E-state index contributed by atoms with van der Waals surface area (Å²) in [5.41, 5.74) is 6.30. The maximum Gasteiger partial charge on any atom is 0.338 e. The van der Waals surface area contributed by atoms with Gasteiger partial charge in [0.1, 0.15) is 0 Å². The first-order valence-electron chi connectivity index (χ1n) is 5.91. The number of hydrogen-bond donors (Lipinski definition) is 2. The summed E-state index contributed by atoms with van der Waals surface area (Å²) in [6.07, 6.45) is -0.538. The normalized spacial score (nSPS) is 10.3. The Morgan fingerprint density at radius 3 is 2.60 bits per heavy atom. The zero-order valence-corrected chi connectivity index (χ0v) is 11.4. The van der Waals surface area contributed by atoms with Crippen molar-refractivity contribution in [2.24, 2.45) is 0 Å². The molecule has 1 aromatic carbocycles. The molecule has 3 N–H and O–H groups in total. The lowest BCUT2D eigenvalue weighted by atomic mass is 10.2. The number of rotatable bonds is 7. The average molecular weight is 282 g/mol. The molecule has 0 atom stereocenters. The van der Waals surface area contributed by atoms with E-state index in [0.717, 1.165) is 0 Å². The van der Waals surface area contributed by atoms with Crippen molar-refractivity contribution < 1.29 is 23.8 Å². The van der Waals surface area contributed by atoms with Crippen molar-refractivity contribution in [1.82, 2.24) is 5.32 Å². The quantitative estimate of drug-likeness (QED) is 0.420.